The molecular weight excluding hydrogens is 234 g/mol. The lowest BCUT2D eigenvalue weighted by atomic mass is 10.1. The highest BCUT2D eigenvalue weighted by atomic mass is 16.5. The van der Waals surface area contributed by atoms with Crippen molar-refractivity contribution in [1.29, 1.82) is 0 Å². The van der Waals surface area contributed by atoms with Gasteiger partial charge >= 0.3 is 5.97 Å². The standard InChI is InChI=1S/C13H19NO4/c15-12(11-8-2-1-3-9(8)11)14-6-7-4-5-10(18-7)13(16)17/h7-11H,1-6H2,(H,14,15)(H,16,17). The van der Waals surface area contributed by atoms with Gasteiger partial charge in [0.25, 0.3) is 0 Å². The molecule has 1 amide bonds. The van der Waals surface area contributed by atoms with Gasteiger partial charge in [0.1, 0.15) is 0 Å². The first kappa shape index (κ1) is 12.0. The minimum atomic E-state index is -0.902. The van der Waals surface area contributed by atoms with Crippen LogP contribution in [0.3, 0.4) is 0 Å². The van der Waals surface area contributed by atoms with Crippen molar-refractivity contribution in [3.8, 4) is 0 Å². The summed E-state index contributed by atoms with van der Waals surface area (Å²) in [4.78, 5) is 22.6. The molecular formula is C13H19NO4. The monoisotopic (exact) mass is 253 g/mol. The molecule has 1 heterocycles. The van der Waals surface area contributed by atoms with Gasteiger partial charge in [-0.15, -0.1) is 0 Å². The Kier molecular flexibility index (Phi) is 3.01. The Morgan fingerprint density at radius 1 is 1.17 bits per heavy atom. The second-order valence-corrected chi connectivity index (χ2v) is 5.69. The van der Waals surface area contributed by atoms with Crippen LogP contribution in [-0.2, 0) is 14.3 Å². The number of carbonyl (C=O) groups is 2. The minimum absolute atomic E-state index is 0.131. The number of carboxylic acid groups (broad SMARTS) is 1. The van der Waals surface area contributed by atoms with Crippen LogP contribution in [0.25, 0.3) is 0 Å². The van der Waals surface area contributed by atoms with Crippen LogP contribution in [0.15, 0.2) is 0 Å². The Morgan fingerprint density at radius 2 is 1.89 bits per heavy atom. The Hall–Kier alpha value is -1.10. The van der Waals surface area contributed by atoms with Gasteiger partial charge in [-0.2, -0.15) is 0 Å². The van der Waals surface area contributed by atoms with Crippen LogP contribution in [0.4, 0.5) is 0 Å². The molecule has 3 aliphatic rings. The molecule has 2 saturated carbocycles. The summed E-state index contributed by atoms with van der Waals surface area (Å²) < 4.78 is 5.35. The van der Waals surface area contributed by atoms with Gasteiger partial charge in [0.05, 0.1) is 6.10 Å². The summed E-state index contributed by atoms with van der Waals surface area (Å²) in [6.07, 6.45) is 4.11. The average Bonchev–Trinajstić information content (AvgIpc) is 2.75. The molecule has 3 rings (SSSR count). The number of fused-ring (bicyclic) bond motifs is 1. The molecule has 2 N–H and O–H groups in total. The minimum Gasteiger partial charge on any atom is -0.479 e. The molecule has 4 atom stereocenters. The predicted octanol–water partition coefficient (Wildman–Crippen LogP) is 0.781. The predicted molar refractivity (Wildman–Crippen MR) is 62.9 cm³/mol. The molecule has 0 aromatic rings. The number of hydrogen-bond acceptors (Lipinski definition) is 3. The van der Waals surface area contributed by atoms with E-state index in [9.17, 15) is 9.59 Å². The van der Waals surface area contributed by atoms with Crippen molar-refractivity contribution in [2.75, 3.05) is 6.54 Å². The SMILES string of the molecule is O=C(O)C1CCC(CNC(=O)C2C3CCCC32)O1. The van der Waals surface area contributed by atoms with Gasteiger partial charge in [-0.3, -0.25) is 4.79 Å². The van der Waals surface area contributed by atoms with E-state index in [-0.39, 0.29) is 17.9 Å². The Morgan fingerprint density at radius 3 is 2.50 bits per heavy atom. The van der Waals surface area contributed by atoms with E-state index in [2.05, 4.69) is 5.32 Å². The lowest BCUT2D eigenvalue weighted by molar-refractivity contribution is -0.149. The topological polar surface area (TPSA) is 75.6 Å². The van der Waals surface area contributed by atoms with Crippen LogP contribution in [0, 0.1) is 17.8 Å². The maximum Gasteiger partial charge on any atom is 0.332 e. The van der Waals surface area contributed by atoms with E-state index in [1.54, 1.807) is 0 Å². The Labute approximate surface area is 106 Å². The van der Waals surface area contributed by atoms with Crippen LogP contribution in [0.2, 0.25) is 0 Å². The Bertz CT molecular complexity index is 360. The fraction of sp³-hybridized carbons (Fsp3) is 0.846. The van der Waals surface area contributed by atoms with Crippen molar-refractivity contribution in [2.24, 2.45) is 17.8 Å². The maximum absolute atomic E-state index is 11.9. The quantitative estimate of drug-likeness (QED) is 0.776. The smallest absolute Gasteiger partial charge is 0.332 e. The highest BCUT2D eigenvalue weighted by Gasteiger charge is 2.56. The summed E-state index contributed by atoms with van der Waals surface area (Å²) in [5.41, 5.74) is 0. The molecule has 1 saturated heterocycles. The van der Waals surface area contributed by atoms with Crippen LogP contribution in [-0.4, -0.2) is 35.7 Å². The summed E-state index contributed by atoms with van der Waals surface area (Å²) in [5, 5.41) is 11.7. The molecule has 0 spiro atoms. The van der Waals surface area contributed by atoms with Crippen LogP contribution >= 0.6 is 0 Å². The van der Waals surface area contributed by atoms with Gasteiger partial charge in [-0.25, -0.2) is 4.79 Å². The van der Waals surface area contributed by atoms with Crippen molar-refractivity contribution < 1.29 is 19.4 Å². The average molecular weight is 253 g/mol. The van der Waals surface area contributed by atoms with E-state index in [0.29, 0.717) is 24.8 Å². The summed E-state index contributed by atoms with van der Waals surface area (Å²) >= 11 is 0. The van der Waals surface area contributed by atoms with E-state index >= 15 is 0 Å². The largest absolute Gasteiger partial charge is 0.479 e. The number of ether oxygens (including phenoxy) is 1. The first-order valence-electron chi connectivity index (χ1n) is 6.83. The number of hydrogen-bond donors (Lipinski definition) is 2. The summed E-state index contributed by atoms with van der Waals surface area (Å²) in [7, 11) is 0. The molecule has 2 aliphatic carbocycles. The zero-order chi connectivity index (χ0) is 12.7. The van der Waals surface area contributed by atoms with Crippen molar-refractivity contribution in [1.82, 2.24) is 5.32 Å². The fourth-order valence-electron chi connectivity index (χ4n) is 3.58. The first-order valence-corrected chi connectivity index (χ1v) is 6.83. The molecule has 4 unspecified atom stereocenters. The van der Waals surface area contributed by atoms with Crippen molar-refractivity contribution in [3.05, 3.63) is 0 Å². The van der Waals surface area contributed by atoms with Gasteiger partial charge in [0.15, 0.2) is 6.10 Å². The van der Waals surface area contributed by atoms with E-state index in [1.165, 1.54) is 19.3 Å². The zero-order valence-corrected chi connectivity index (χ0v) is 10.3. The third kappa shape index (κ3) is 2.11. The molecule has 5 heteroatoms. The van der Waals surface area contributed by atoms with Crippen LogP contribution in [0.5, 0.6) is 0 Å². The zero-order valence-electron chi connectivity index (χ0n) is 10.3. The second-order valence-electron chi connectivity index (χ2n) is 5.69. The summed E-state index contributed by atoms with van der Waals surface area (Å²) in [5.74, 6) is 0.727. The van der Waals surface area contributed by atoms with Gasteiger partial charge in [0, 0.05) is 12.5 Å². The highest BCUT2D eigenvalue weighted by molar-refractivity contribution is 5.82. The maximum atomic E-state index is 11.9. The van der Waals surface area contributed by atoms with Gasteiger partial charge in [0.2, 0.25) is 5.91 Å². The lowest BCUT2D eigenvalue weighted by Gasteiger charge is -2.12. The molecule has 5 nitrogen and oxygen atoms in total. The molecule has 100 valence electrons. The van der Waals surface area contributed by atoms with Crippen LogP contribution < -0.4 is 5.32 Å². The fourth-order valence-corrected chi connectivity index (χ4v) is 3.58. The summed E-state index contributed by atoms with van der Waals surface area (Å²) in [6, 6.07) is 0. The van der Waals surface area contributed by atoms with Gasteiger partial charge < -0.3 is 15.2 Å². The molecule has 1 aliphatic heterocycles. The van der Waals surface area contributed by atoms with E-state index in [0.717, 1.165) is 6.42 Å². The summed E-state index contributed by atoms with van der Waals surface area (Å²) in [6.45, 7) is 0.457. The number of aliphatic carboxylic acids is 1. The normalized spacial score (nSPS) is 41.4. The van der Waals surface area contributed by atoms with E-state index in [4.69, 9.17) is 9.84 Å². The third-order valence-electron chi connectivity index (χ3n) is 4.60. The second kappa shape index (κ2) is 4.53. The first-order chi connectivity index (χ1) is 8.66. The molecule has 18 heavy (non-hydrogen) atoms. The number of carboxylic acids is 1. The van der Waals surface area contributed by atoms with Gasteiger partial charge in [-0.05, 0) is 37.5 Å². The number of nitrogens with one attached hydrogen (secondary N) is 1. The lowest BCUT2D eigenvalue weighted by Crippen LogP contribution is -2.34. The van der Waals surface area contributed by atoms with Crippen LogP contribution in [0.1, 0.15) is 32.1 Å². The molecule has 3 fully saturated rings. The van der Waals surface area contributed by atoms with E-state index in [1.807, 2.05) is 0 Å². The molecule has 0 aromatic carbocycles. The highest BCUT2D eigenvalue weighted by Crippen LogP contribution is 2.57. The van der Waals surface area contributed by atoms with Crippen molar-refractivity contribution in [2.45, 2.75) is 44.3 Å². The Balaban J connectivity index is 1.40. The third-order valence-corrected chi connectivity index (χ3v) is 4.60. The number of amides is 1. The van der Waals surface area contributed by atoms with Crippen molar-refractivity contribution in [3.63, 3.8) is 0 Å². The number of rotatable bonds is 4. The molecule has 0 aromatic heterocycles. The molecule has 0 bridgehead atoms. The molecule has 0 radical (unpaired) electrons. The van der Waals surface area contributed by atoms with Crippen molar-refractivity contribution >= 4 is 11.9 Å². The number of carbonyl (C=O) groups excluding carboxylic acids is 1. The van der Waals surface area contributed by atoms with Gasteiger partial charge in [-0.1, -0.05) is 6.42 Å². The van der Waals surface area contributed by atoms with E-state index < -0.39 is 12.1 Å².